The third-order valence-electron chi connectivity index (χ3n) is 4.02. The van der Waals surface area contributed by atoms with Crippen molar-refractivity contribution < 1.29 is 19.0 Å². The summed E-state index contributed by atoms with van der Waals surface area (Å²) in [5.74, 6) is -0.214. The topological polar surface area (TPSA) is 123 Å². The molecular weight excluding hydrogens is 324 g/mol. The Hall–Kier alpha value is -3.47. The summed E-state index contributed by atoms with van der Waals surface area (Å²) in [4.78, 5) is 11.7. The van der Waals surface area contributed by atoms with Gasteiger partial charge < -0.3 is 19.9 Å². The molecule has 2 aromatic rings. The predicted octanol–water partition coefficient (Wildman–Crippen LogP) is 1.35. The number of nitrogens with one attached hydrogen (secondary N) is 1. The van der Waals surface area contributed by atoms with Gasteiger partial charge in [-0.05, 0) is 6.07 Å². The van der Waals surface area contributed by atoms with E-state index in [1.54, 1.807) is 13.2 Å². The maximum Gasteiger partial charge on any atom is 0.311 e. The fraction of sp³-hybridized carbons (Fsp3) is 0.235. The first-order valence-electron chi connectivity index (χ1n) is 7.45. The monoisotopic (exact) mass is 340 g/mol. The van der Waals surface area contributed by atoms with Gasteiger partial charge in [-0.2, -0.15) is 5.26 Å². The number of methoxy groups -OCH3 is 2. The zero-order valence-corrected chi connectivity index (χ0v) is 13.7. The van der Waals surface area contributed by atoms with Crippen LogP contribution >= 0.6 is 0 Å². The van der Waals surface area contributed by atoms with E-state index in [0.29, 0.717) is 17.0 Å². The summed E-state index contributed by atoms with van der Waals surface area (Å²) in [5, 5.41) is 16.5. The van der Waals surface area contributed by atoms with Crippen LogP contribution in [0.2, 0.25) is 0 Å². The third-order valence-corrected chi connectivity index (χ3v) is 4.02. The van der Waals surface area contributed by atoms with E-state index in [2.05, 4.69) is 16.3 Å². The second-order valence-electron chi connectivity index (χ2n) is 5.34. The molecular formula is C17H16N4O4. The standard InChI is InChI=1S/C17H16N4O4/c1-23-12-6-4-3-5-9(12)14-10(8-18)16(19)25-17-15(14)11(20-21-17)7-13(22)24-2/h3-6,14H,7,19H2,1-2H3,(H,20,21). The van der Waals surface area contributed by atoms with Gasteiger partial charge >= 0.3 is 5.97 Å². The van der Waals surface area contributed by atoms with Crippen LogP contribution in [0.5, 0.6) is 11.6 Å². The zero-order chi connectivity index (χ0) is 18.0. The van der Waals surface area contributed by atoms with E-state index in [-0.39, 0.29) is 23.8 Å². The number of nitrogens with zero attached hydrogens (tertiary/aromatic N) is 2. The maximum atomic E-state index is 11.7. The Morgan fingerprint density at radius 3 is 2.88 bits per heavy atom. The fourth-order valence-electron chi connectivity index (χ4n) is 2.88. The second kappa shape index (κ2) is 6.57. The average Bonchev–Trinajstić information content (AvgIpc) is 3.02. The molecule has 0 radical (unpaired) electrons. The molecule has 8 nitrogen and oxygen atoms in total. The minimum absolute atomic E-state index is 0.0259. The van der Waals surface area contributed by atoms with E-state index in [4.69, 9.17) is 19.9 Å². The molecule has 0 saturated heterocycles. The van der Waals surface area contributed by atoms with Crippen molar-refractivity contribution in [2.24, 2.45) is 5.73 Å². The van der Waals surface area contributed by atoms with E-state index < -0.39 is 11.9 Å². The molecule has 1 aliphatic heterocycles. The summed E-state index contributed by atoms with van der Waals surface area (Å²) in [6.45, 7) is 0. The third kappa shape index (κ3) is 2.76. The number of carbonyl (C=O) groups excluding carboxylic acids is 1. The highest BCUT2D eigenvalue weighted by Gasteiger charge is 2.37. The zero-order valence-electron chi connectivity index (χ0n) is 13.7. The van der Waals surface area contributed by atoms with Crippen LogP contribution in [0.4, 0.5) is 0 Å². The Balaban J connectivity index is 2.21. The minimum Gasteiger partial charge on any atom is -0.496 e. The van der Waals surface area contributed by atoms with Gasteiger partial charge in [-0.3, -0.25) is 9.89 Å². The average molecular weight is 340 g/mol. The van der Waals surface area contributed by atoms with E-state index in [0.717, 1.165) is 5.56 Å². The molecule has 1 aliphatic rings. The van der Waals surface area contributed by atoms with Gasteiger partial charge in [-0.25, -0.2) is 0 Å². The Morgan fingerprint density at radius 1 is 1.44 bits per heavy atom. The van der Waals surface area contributed by atoms with Gasteiger partial charge in [0.15, 0.2) is 0 Å². The van der Waals surface area contributed by atoms with Gasteiger partial charge in [-0.15, -0.1) is 5.10 Å². The molecule has 128 valence electrons. The van der Waals surface area contributed by atoms with Crippen LogP contribution in [-0.4, -0.2) is 30.4 Å². The largest absolute Gasteiger partial charge is 0.496 e. The van der Waals surface area contributed by atoms with Crippen molar-refractivity contribution in [2.45, 2.75) is 12.3 Å². The van der Waals surface area contributed by atoms with Crippen LogP contribution in [0.15, 0.2) is 35.7 Å². The minimum atomic E-state index is -0.566. The maximum absolute atomic E-state index is 11.7. The Labute approximate surface area is 143 Å². The lowest BCUT2D eigenvalue weighted by molar-refractivity contribution is -0.139. The van der Waals surface area contributed by atoms with Crippen LogP contribution in [-0.2, 0) is 16.0 Å². The number of carbonyl (C=O) groups is 1. The smallest absolute Gasteiger partial charge is 0.311 e. The first-order chi connectivity index (χ1) is 12.1. The van der Waals surface area contributed by atoms with Crippen molar-refractivity contribution in [3.05, 3.63) is 52.5 Å². The normalized spacial score (nSPS) is 15.8. The number of H-pyrrole nitrogens is 1. The number of nitrogens with two attached hydrogens (primary N) is 1. The molecule has 1 atom stereocenters. The lowest BCUT2D eigenvalue weighted by Gasteiger charge is -2.25. The van der Waals surface area contributed by atoms with E-state index in [1.165, 1.54) is 7.11 Å². The number of esters is 1. The predicted molar refractivity (Wildman–Crippen MR) is 86.6 cm³/mol. The number of rotatable bonds is 4. The summed E-state index contributed by atoms with van der Waals surface area (Å²) in [5.41, 5.74) is 7.93. The van der Waals surface area contributed by atoms with Crippen molar-refractivity contribution >= 4 is 5.97 Å². The van der Waals surface area contributed by atoms with Gasteiger partial charge in [0.25, 0.3) is 0 Å². The molecule has 0 aliphatic carbocycles. The summed E-state index contributed by atoms with van der Waals surface area (Å²) in [7, 11) is 2.85. The highest BCUT2D eigenvalue weighted by Crippen LogP contribution is 2.45. The van der Waals surface area contributed by atoms with Gasteiger partial charge in [0.1, 0.15) is 17.4 Å². The first kappa shape index (κ1) is 16.4. The molecule has 0 amide bonds. The highest BCUT2D eigenvalue weighted by atomic mass is 16.5. The Morgan fingerprint density at radius 2 is 2.20 bits per heavy atom. The quantitative estimate of drug-likeness (QED) is 0.805. The lowest BCUT2D eigenvalue weighted by atomic mass is 9.83. The molecule has 25 heavy (non-hydrogen) atoms. The Bertz CT molecular complexity index is 894. The summed E-state index contributed by atoms with van der Waals surface area (Å²) in [6.07, 6.45) is -0.0353. The van der Waals surface area contributed by atoms with Crippen molar-refractivity contribution in [2.75, 3.05) is 14.2 Å². The van der Waals surface area contributed by atoms with Gasteiger partial charge in [0.05, 0.1) is 37.8 Å². The molecule has 2 heterocycles. The number of ether oxygens (including phenoxy) is 3. The number of aromatic nitrogens is 2. The molecule has 1 unspecified atom stereocenters. The molecule has 3 N–H and O–H groups in total. The number of hydrogen-bond acceptors (Lipinski definition) is 7. The van der Waals surface area contributed by atoms with Crippen LogP contribution in [0.25, 0.3) is 0 Å². The van der Waals surface area contributed by atoms with E-state index in [9.17, 15) is 10.1 Å². The van der Waals surface area contributed by atoms with Crippen molar-refractivity contribution in [1.82, 2.24) is 10.2 Å². The summed E-state index contributed by atoms with van der Waals surface area (Å²) >= 11 is 0. The first-order valence-corrected chi connectivity index (χ1v) is 7.45. The molecule has 1 aromatic heterocycles. The molecule has 8 heteroatoms. The second-order valence-corrected chi connectivity index (χ2v) is 5.34. The molecule has 0 spiro atoms. The molecule has 0 saturated carbocycles. The number of hydrogen-bond donors (Lipinski definition) is 2. The molecule has 0 fully saturated rings. The molecule has 0 bridgehead atoms. The number of nitriles is 1. The number of para-hydroxylation sites is 1. The Kier molecular flexibility index (Phi) is 4.31. The van der Waals surface area contributed by atoms with E-state index in [1.807, 2.05) is 18.2 Å². The lowest BCUT2D eigenvalue weighted by Crippen LogP contribution is -2.22. The van der Waals surface area contributed by atoms with Gasteiger partial charge in [-0.1, -0.05) is 18.2 Å². The number of fused-ring (bicyclic) bond motifs is 1. The van der Waals surface area contributed by atoms with Crippen LogP contribution in [0, 0.1) is 11.3 Å². The fourth-order valence-corrected chi connectivity index (χ4v) is 2.88. The summed E-state index contributed by atoms with van der Waals surface area (Å²) < 4.78 is 15.6. The van der Waals surface area contributed by atoms with Crippen molar-refractivity contribution in [3.8, 4) is 17.7 Å². The number of benzene rings is 1. The van der Waals surface area contributed by atoms with Crippen molar-refractivity contribution in [3.63, 3.8) is 0 Å². The highest BCUT2D eigenvalue weighted by molar-refractivity contribution is 5.73. The van der Waals surface area contributed by atoms with E-state index >= 15 is 0 Å². The van der Waals surface area contributed by atoms with Crippen LogP contribution in [0.1, 0.15) is 22.7 Å². The van der Waals surface area contributed by atoms with Crippen molar-refractivity contribution in [1.29, 1.82) is 5.26 Å². The summed E-state index contributed by atoms with van der Waals surface area (Å²) in [6, 6.07) is 9.37. The van der Waals surface area contributed by atoms with Crippen LogP contribution in [0.3, 0.4) is 0 Å². The van der Waals surface area contributed by atoms with Gasteiger partial charge in [0.2, 0.25) is 11.8 Å². The number of aromatic amines is 1. The SMILES string of the molecule is COC(=O)Cc1[nH]nc2c1C(c1ccccc1OC)C(C#N)=C(N)O2. The van der Waals surface area contributed by atoms with Crippen LogP contribution < -0.4 is 15.2 Å². The van der Waals surface area contributed by atoms with Gasteiger partial charge in [0, 0.05) is 5.56 Å². The number of allylic oxidation sites excluding steroid dienone is 1. The molecule has 3 rings (SSSR count). The molecule has 1 aromatic carbocycles.